The normalized spacial score (nSPS) is 11.7. The number of carbonyl (C=O) groups excluding carboxylic acids is 1. The van der Waals surface area contributed by atoms with Gasteiger partial charge in [0, 0.05) is 0 Å². The Morgan fingerprint density at radius 3 is 2.79 bits per heavy atom. The number of nitrogens with one attached hydrogen (secondary N) is 1. The van der Waals surface area contributed by atoms with Crippen molar-refractivity contribution in [3.63, 3.8) is 0 Å². The third-order valence-electron chi connectivity index (χ3n) is 4.35. The SMILES string of the molecule is COc1cccc(C(C)NC(=O)c2noc(C)c2COc2ccccc2Cl)c1. The smallest absolute Gasteiger partial charge is 0.274 e. The molecule has 0 saturated carbocycles. The van der Waals surface area contributed by atoms with Gasteiger partial charge < -0.3 is 19.3 Å². The van der Waals surface area contributed by atoms with Crippen LogP contribution in [0.15, 0.2) is 53.1 Å². The first-order valence-electron chi connectivity index (χ1n) is 8.77. The van der Waals surface area contributed by atoms with Crippen LogP contribution in [0.25, 0.3) is 0 Å². The first kappa shape index (κ1) is 19.8. The van der Waals surface area contributed by atoms with Gasteiger partial charge >= 0.3 is 0 Å². The molecule has 0 radical (unpaired) electrons. The Morgan fingerprint density at radius 1 is 1.25 bits per heavy atom. The predicted molar refractivity (Wildman–Crippen MR) is 106 cm³/mol. The number of hydrogen-bond acceptors (Lipinski definition) is 5. The van der Waals surface area contributed by atoms with Gasteiger partial charge in [0.05, 0.1) is 23.7 Å². The summed E-state index contributed by atoms with van der Waals surface area (Å²) in [5.74, 6) is 1.43. The quantitative estimate of drug-likeness (QED) is 0.621. The number of ether oxygens (including phenoxy) is 2. The Balaban J connectivity index is 1.73. The van der Waals surface area contributed by atoms with Gasteiger partial charge in [0.15, 0.2) is 5.69 Å². The standard InChI is InChI=1S/C21H21ClN2O4/c1-13(15-7-6-8-16(11-15)26-3)23-21(25)20-17(14(2)28-24-20)12-27-19-10-5-4-9-18(19)22/h4-11,13H,12H2,1-3H3,(H,23,25). The molecule has 3 aromatic rings. The molecule has 1 amide bonds. The fourth-order valence-corrected chi connectivity index (χ4v) is 2.90. The van der Waals surface area contributed by atoms with Crippen LogP contribution in [0, 0.1) is 6.92 Å². The molecule has 0 saturated heterocycles. The number of rotatable bonds is 7. The van der Waals surface area contributed by atoms with Crippen molar-refractivity contribution in [3.8, 4) is 11.5 Å². The number of benzene rings is 2. The maximum atomic E-state index is 12.7. The molecule has 6 nitrogen and oxygen atoms in total. The summed E-state index contributed by atoms with van der Waals surface area (Å²) in [6.45, 7) is 3.75. The molecule has 3 rings (SSSR count). The summed E-state index contributed by atoms with van der Waals surface area (Å²) in [5, 5.41) is 7.33. The van der Waals surface area contributed by atoms with Gasteiger partial charge in [-0.1, -0.05) is 41.0 Å². The fraction of sp³-hybridized carbons (Fsp3) is 0.238. The molecule has 28 heavy (non-hydrogen) atoms. The maximum Gasteiger partial charge on any atom is 0.274 e. The van der Waals surface area contributed by atoms with Gasteiger partial charge in [0.1, 0.15) is 23.9 Å². The Morgan fingerprint density at radius 2 is 2.04 bits per heavy atom. The molecular weight excluding hydrogens is 380 g/mol. The van der Waals surface area contributed by atoms with Gasteiger partial charge in [-0.2, -0.15) is 0 Å². The first-order valence-corrected chi connectivity index (χ1v) is 9.14. The average Bonchev–Trinajstić information content (AvgIpc) is 3.08. The molecule has 0 aliphatic heterocycles. The maximum absolute atomic E-state index is 12.7. The number of hydrogen-bond donors (Lipinski definition) is 1. The lowest BCUT2D eigenvalue weighted by molar-refractivity contribution is 0.0928. The summed E-state index contributed by atoms with van der Waals surface area (Å²) in [7, 11) is 1.60. The lowest BCUT2D eigenvalue weighted by atomic mass is 10.1. The summed E-state index contributed by atoms with van der Waals surface area (Å²) in [6.07, 6.45) is 0. The molecule has 1 atom stereocenters. The highest BCUT2D eigenvalue weighted by Gasteiger charge is 2.22. The van der Waals surface area contributed by atoms with Crippen molar-refractivity contribution >= 4 is 17.5 Å². The lowest BCUT2D eigenvalue weighted by Crippen LogP contribution is -2.28. The third kappa shape index (κ3) is 4.46. The molecule has 0 aliphatic rings. The molecule has 0 aliphatic carbocycles. The zero-order valence-corrected chi connectivity index (χ0v) is 16.6. The van der Waals surface area contributed by atoms with E-state index in [0.717, 1.165) is 11.3 Å². The van der Waals surface area contributed by atoms with Crippen LogP contribution in [-0.4, -0.2) is 18.2 Å². The minimum absolute atomic E-state index is 0.120. The lowest BCUT2D eigenvalue weighted by Gasteiger charge is -2.15. The highest BCUT2D eigenvalue weighted by atomic mass is 35.5. The van der Waals surface area contributed by atoms with Crippen molar-refractivity contribution in [1.29, 1.82) is 0 Å². The summed E-state index contributed by atoms with van der Waals surface area (Å²) < 4.78 is 16.2. The number of para-hydroxylation sites is 1. The average molecular weight is 401 g/mol. The van der Waals surface area contributed by atoms with Crippen molar-refractivity contribution < 1.29 is 18.8 Å². The number of amides is 1. The number of nitrogens with zero attached hydrogens (tertiary/aromatic N) is 1. The van der Waals surface area contributed by atoms with Gasteiger partial charge in [-0.05, 0) is 43.7 Å². The van der Waals surface area contributed by atoms with E-state index in [4.69, 9.17) is 25.6 Å². The topological polar surface area (TPSA) is 73.6 Å². The van der Waals surface area contributed by atoms with Gasteiger partial charge in [-0.25, -0.2) is 0 Å². The molecule has 1 heterocycles. The van der Waals surface area contributed by atoms with E-state index >= 15 is 0 Å². The fourth-order valence-electron chi connectivity index (χ4n) is 2.71. The summed E-state index contributed by atoms with van der Waals surface area (Å²) in [6, 6.07) is 14.4. The number of methoxy groups -OCH3 is 1. The van der Waals surface area contributed by atoms with E-state index in [1.807, 2.05) is 43.3 Å². The van der Waals surface area contributed by atoms with E-state index in [1.165, 1.54) is 0 Å². The predicted octanol–water partition coefficient (Wildman–Crippen LogP) is 4.72. The Bertz CT molecular complexity index is 971. The van der Waals surface area contributed by atoms with Gasteiger partial charge in [0.25, 0.3) is 5.91 Å². The van der Waals surface area contributed by atoms with E-state index in [2.05, 4.69) is 10.5 Å². The van der Waals surface area contributed by atoms with E-state index in [9.17, 15) is 4.79 Å². The van der Waals surface area contributed by atoms with Crippen LogP contribution in [0.3, 0.4) is 0 Å². The number of aryl methyl sites for hydroxylation is 1. The second-order valence-corrected chi connectivity index (χ2v) is 6.66. The largest absolute Gasteiger partial charge is 0.497 e. The highest BCUT2D eigenvalue weighted by Crippen LogP contribution is 2.26. The molecule has 7 heteroatoms. The van der Waals surface area contributed by atoms with Crippen LogP contribution >= 0.6 is 11.6 Å². The minimum atomic E-state index is -0.343. The van der Waals surface area contributed by atoms with Crippen molar-refractivity contribution in [3.05, 3.63) is 76.1 Å². The van der Waals surface area contributed by atoms with E-state index in [-0.39, 0.29) is 24.2 Å². The Labute approximate surface area is 168 Å². The monoisotopic (exact) mass is 400 g/mol. The van der Waals surface area contributed by atoms with Gasteiger partial charge in [0.2, 0.25) is 0 Å². The molecule has 2 aromatic carbocycles. The van der Waals surface area contributed by atoms with Gasteiger partial charge in [-0.3, -0.25) is 4.79 Å². The first-order chi connectivity index (χ1) is 13.5. The van der Waals surface area contributed by atoms with Crippen molar-refractivity contribution in [2.75, 3.05) is 7.11 Å². The van der Waals surface area contributed by atoms with E-state index < -0.39 is 0 Å². The molecule has 0 spiro atoms. The van der Waals surface area contributed by atoms with Crippen molar-refractivity contribution in [2.24, 2.45) is 0 Å². The Hall–Kier alpha value is -2.99. The van der Waals surface area contributed by atoms with Gasteiger partial charge in [-0.15, -0.1) is 0 Å². The van der Waals surface area contributed by atoms with Crippen LogP contribution in [-0.2, 0) is 6.61 Å². The van der Waals surface area contributed by atoms with Crippen molar-refractivity contribution in [2.45, 2.75) is 26.5 Å². The number of carbonyl (C=O) groups is 1. The Kier molecular flexibility index (Phi) is 6.21. The van der Waals surface area contributed by atoms with Crippen LogP contribution < -0.4 is 14.8 Å². The number of aromatic nitrogens is 1. The molecule has 1 aromatic heterocycles. The summed E-state index contributed by atoms with van der Waals surface area (Å²) in [5.41, 5.74) is 1.69. The molecule has 146 valence electrons. The second kappa shape index (κ2) is 8.80. The minimum Gasteiger partial charge on any atom is -0.497 e. The van der Waals surface area contributed by atoms with Crippen LogP contribution in [0.5, 0.6) is 11.5 Å². The zero-order valence-electron chi connectivity index (χ0n) is 15.9. The summed E-state index contributed by atoms with van der Waals surface area (Å²) >= 11 is 6.11. The van der Waals surface area contributed by atoms with Crippen LogP contribution in [0.2, 0.25) is 5.02 Å². The summed E-state index contributed by atoms with van der Waals surface area (Å²) in [4.78, 5) is 12.7. The third-order valence-corrected chi connectivity index (χ3v) is 4.66. The molecule has 1 N–H and O–H groups in total. The van der Waals surface area contributed by atoms with E-state index in [1.54, 1.807) is 26.2 Å². The molecular formula is C21H21ClN2O4. The molecule has 0 bridgehead atoms. The van der Waals surface area contributed by atoms with E-state index in [0.29, 0.717) is 22.1 Å². The second-order valence-electron chi connectivity index (χ2n) is 6.26. The highest BCUT2D eigenvalue weighted by molar-refractivity contribution is 6.32. The number of halogens is 1. The molecule has 1 unspecified atom stereocenters. The molecule has 0 fully saturated rings. The van der Waals surface area contributed by atoms with Crippen molar-refractivity contribution in [1.82, 2.24) is 10.5 Å². The van der Waals surface area contributed by atoms with Crippen LogP contribution in [0.4, 0.5) is 0 Å². The van der Waals surface area contributed by atoms with Crippen LogP contribution in [0.1, 0.15) is 40.3 Å². The zero-order chi connectivity index (χ0) is 20.1.